The molecule has 1 aromatic rings. The second-order valence-corrected chi connectivity index (χ2v) is 8.96. The number of carbonyl (C=O) groups is 5. The molecule has 2 aliphatic rings. The number of benzene rings is 1. The third-order valence-corrected chi connectivity index (χ3v) is 5.90. The average Bonchev–Trinajstić information content (AvgIpc) is 2.90. The summed E-state index contributed by atoms with van der Waals surface area (Å²) in [5.41, 5.74) is 0.340. The highest BCUT2D eigenvalue weighted by atomic mass is 16.7. The van der Waals surface area contributed by atoms with Gasteiger partial charge < -0.3 is 42.8 Å². The van der Waals surface area contributed by atoms with Crippen LogP contribution >= 0.6 is 0 Å². The smallest absolute Gasteiger partial charge is 0.303 e. The number of nitrogens with zero attached hydrogens (tertiary/aromatic N) is 1. The number of methoxy groups -OCH3 is 1. The molecule has 0 saturated carbocycles. The summed E-state index contributed by atoms with van der Waals surface area (Å²) < 4.78 is 44.0. The maximum absolute atomic E-state index is 12.9. The Morgan fingerprint density at radius 3 is 2.00 bits per heavy atom. The molecule has 14 heteroatoms. The van der Waals surface area contributed by atoms with E-state index in [-0.39, 0.29) is 17.4 Å². The van der Waals surface area contributed by atoms with E-state index in [4.69, 9.17) is 37.9 Å². The van der Waals surface area contributed by atoms with Crippen LogP contribution in [-0.4, -0.2) is 105 Å². The number of amides is 1. The van der Waals surface area contributed by atoms with Crippen molar-refractivity contribution < 1.29 is 61.9 Å². The summed E-state index contributed by atoms with van der Waals surface area (Å²) in [5, 5.41) is 0. The van der Waals surface area contributed by atoms with Gasteiger partial charge in [-0.2, -0.15) is 0 Å². The van der Waals surface area contributed by atoms with Gasteiger partial charge in [0, 0.05) is 46.3 Å². The highest BCUT2D eigenvalue weighted by Crippen LogP contribution is 2.35. The molecule has 0 spiro atoms. The standard InChI is InChI=1S/C26H33NO13/c1-14(28)35-13-21-22(36-15(2)29)23(37-16(3)30)24(38-17(4)31)26(40-21)39-19-7-6-18(12-20(19)33-5)25(32)27-8-10-34-11-9-27/h6-7,12,21-24,26H,8-11,13H2,1-5H3/t21-,22-,23+,24-,26-/m0/s1. The molecule has 2 aliphatic heterocycles. The van der Waals surface area contributed by atoms with Crippen LogP contribution in [0.1, 0.15) is 38.1 Å². The molecule has 2 saturated heterocycles. The van der Waals surface area contributed by atoms with Gasteiger partial charge in [-0.15, -0.1) is 0 Å². The molecule has 5 atom stereocenters. The summed E-state index contributed by atoms with van der Waals surface area (Å²) in [7, 11) is 1.37. The molecular formula is C26H33NO13. The SMILES string of the molecule is COc1cc(C(=O)N2CCOCC2)ccc1O[C@H]1O[C@@H](COC(C)=O)[C@H](OC(C)=O)[C@@H](OC(C)=O)[C@@H]1OC(C)=O. The van der Waals surface area contributed by atoms with Crippen molar-refractivity contribution in [1.82, 2.24) is 4.90 Å². The van der Waals surface area contributed by atoms with Gasteiger partial charge in [-0.25, -0.2) is 0 Å². The van der Waals surface area contributed by atoms with E-state index in [0.717, 1.165) is 20.8 Å². The number of carbonyl (C=O) groups excluding carboxylic acids is 5. The molecule has 14 nitrogen and oxygen atoms in total. The number of ether oxygens (including phenoxy) is 8. The minimum absolute atomic E-state index is 0.0990. The van der Waals surface area contributed by atoms with Crippen LogP contribution in [0.2, 0.25) is 0 Å². The summed E-state index contributed by atoms with van der Waals surface area (Å²) in [5.74, 6) is -2.89. The first kappa shape index (κ1) is 30.6. The first-order valence-corrected chi connectivity index (χ1v) is 12.5. The van der Waals surface area contributed by atoms with Gasteiger partial charge in [-0.3, -0.25) is 24.0 Å². The van der Waals surface area contributed by atoms with Crippen molar-refractivity contribution in [3.05, 3.63) is 23.8 Å². The fraction of sp³-hybridized carbons (Fsp3) is 0.577. The molecule has 2 heterocycles. The summed E-state index contributed by atoms with van der Waals surface area (Å²) in [6, 6.07) is 4.49. The van der Waals surface area contributed by atoms with E-state index < -0.39 is 61.2 Å². The normalized spacial score (nSPS) is 24.3. The maximum Gasteiger partial charge on any atom is 0.303 e. The Balaban J connectivity index is 1.96. The third-order valence-electron chi connectivity index (χ3n) is 5.90. The molecule has 220 valence electrons. The van der Waals surface area contributed by atoms with Gasteiger partial charge in [0.2, 0.25) is 12.4 Å². The predicted molar refractivity (Wildman–Crippen MR) is 132 cm³/mol. The zero-order chi connectivity index (χ0) is 29.4. The Kier molecular flexibility index (Phi) is 10.7. The van der Waals surface area contributed by atoms with Crippen LogP contribution in [-0.2, 0) is 47.6 Å². The van der Waals surface area contributed by atoms with E-state index in [1.165, 1.54) is 32.2 Å². The van der Waals surface area contributed by atoms with Gasteiger partial charge in [-0.1, -0.05) is 0 Å². The maximum atomic E-state index is 12.9. The summed E-state index contributed by atoms with van der Waals surface area (Å²) in [4.78, 5) is 62.0. The lowest BCUT2D eigenvalue weighted by Crippen LogP contribution is -2.63. The van der Waals surface area contributed by atoms with Crippen LogP contribution in [0.15, 0.2) is 18.2 Å². The molecule has 2 fully saturated rings. The second kappa shape index (κ2) is 13.9. The van der Waals surface area contributed by atoms with Gasteiger partial charge in [-0.05, 0) is 18.2 Å². The molecule has 40 heavy (non-hydrogen) atoms. The lowest BCUT2D eigenvalue weighted by Gasteiger charge is -2.44. The Bertz CT molecular complexity index is 1100. The topological polar surface area (TPSA) is 162 Å². The van der Waals surface area contributed by atoms with E-state index in [1.54, 1.807) is 4.90 Å². The van der Waals surface area contributed by atoms with E-state index >= 15 is 0 Å². The quantitative estimate of drug-likeness (QED) is 0.302. The highest BCUT2D eigenvalue weighted by molar-refractivity contribution is 5.95. The zero-order valence-electron chi connectivity index (χ0n) is 22.9. The van der Waals surface area contributed by atoms with Crippen LogP contribution in [0.25, 0.3) is 0 Å². The highest BCUT2D eigenvalue weighted by Gasteiger charge is 2.53. The van der Waals surface area contributed by atoms with Gasteiger partial charge >= 0.3 is 23.9 Å². The number of hydrogen-bond donors (Lipinski definition) is 0. The van der Waals surface area contributed by atoms with Crippen LogP contribution in [0.4, 0.5) is 0 Å². The monoisotopic (exact) mass is 567 g/mol. The molecule has 3 rings (SSSR count). The van der Waals surface area contributed by atoms with Crippen LogP contribution in [0.5, 0.6) is 11.5 Å². The minimum atomic E-state index is -1.45. The van der Waals surface area contributed by atoms with E-state index in [1.807, 2.05) is 0 Å². The largest absolute Gasteiger partial charge is 0.493 e. The van der Waals surface area contributed by atoms with Crippen molar-refractivity contribution >= 4 is 29.8 Å². The van der Waals surface area contributed by atoms with Gasteiger partial charge in [0.25, 0.3) is 5.91 Å². The third kappa shape index (κ3) is 8.05. The van der Waals surface area contributed by atoms with Gasteiger partial charge in [0.15, 0.2) is 23.7 Å². The zero-order valence-corrected chi connectivity index (χ0v) is 22.9. The summed E-state index contributed by atoms with van der Waals surface area (Å²) >= 11 is 0. The predicted octanol–water partition coefficient (Wildman–Crippen LogP) is 0.630. The molecule has 0 bridgehead atoms. The average molecular weight is 568 g/mol. The first-order chi connectivity index (χ1) is 19.0. The molecule has 0 N–H and O–H groups in total. The Labute approximate surface area is 230 Å². The number of esters is 4. The molecule has 1 aromatic carbocycles. The second-order valence-electron chi connectivity index (χ2n) is 8.96. The van der Waals surface area contributed by atoms with Crippen molar-refractivity contribution in [2.24, 2.45) is 0 Å². The van der Waals surface area contributed by atoms with Crippen LogP contribution in [0, 0.1) is 0 Å². The Morgan fingerprint density at radius 1 is 0.825 bits per heavy atom. The number of morpholine rings is 1. The van der Waals surface area contributed by atoms with Gasteiger partial charge in [0.1, 0.15) is 12.7 Å². The molecule has 0 aliphatic carbocycles. The minimum Gasteiger partial charge on any atom is -0.493 e. The van der Waals surface area contributed by atoms with Gasteiger partial charge in [0.05, 0.1) is 20.3 Å². The molecule has 0 radical (unpaired) electrons. The molecular weight excluding hydrogens is 534 g/mol. The summed E-state index contributed by atoms with van der Waals surface area (Å²) in [6.45, 7) is 5.92. The molecule has 0 unspecified atom stereocenters. The summed E-state index contributed by atoms with van der Waals surface area (Å²) in [6.07, 6.45) is -6.76. The van der Waals surface area contributed by atoms with E-state index in [0.29, 0.717) is 31.9 Å². The van der Waals surface area contributed by atoms with Crippen molar-refractivity contribution in [2.45, 2.75) is 58.4 Å². The van der Waals surface area contributed by atoms with Crippen molar-refractivity contribution in [3.8, 4) is 11.5 Å². The fourth-order valence-corrected chi connectivity index (χ4v) is 4.26. The lowest BCUT2D eigenvalue weighted by atomic mass is 9.98. The van der Waals surface area contributed by atoms with Crippen LogP contribution in [0.3, 0.4) is 0 Å². The first-order valence-electron chi connectivity index (χ1n) is 12.5. The van der Waals surface area contributed by atoms with E-state index in [2.05, 4.69) is 0 Å². The number of hydrogen-bond acceptors (Lipinski definition) is 13. The van der Waals surface area contributed by atoms with E-state index in [9.17, 15) is 24.0 Å². The van der Waals surface area contributed by atoms with Crippen molar-refractivity contribution in [2.75, 3.05) is 40.0 Å². The lowest BCUT2D eigenvalue weighted by molar-refractivity contribution is -0.288. The molecule has 1 amide bonds. The Hall–Kier alpha value is -3.91. The molecule has 0 aromatic heterocycles. The van der Waals surface area contributed by atoms with Crippen molar-refractivity contribution in [1.29, 1.82) is 0 Å². The van der Waals surface area contributed by atoms with Crippen LogP contribution < -0.4 is 9.47 Å². The number of rotatable bonds is 9. The fourth-order valence-electron chi connectivity index (χ4n) is 4.26. The van der Waals surface area contributed by atoms with Crippen molar-refractivity contribution in [3.63, 3.8) is 0 Å². The Morgan fingerprint density at radius 2 is 1.43 bits per heavy atom.